The van der Waals surface area contributed by atoms with Crippen molar-refractivity contribution in [3.63, 3.8) is 0 Å². The summed E-state index contributed by atoms with van der Waals surface area (Å²) in [4.78, 5) is 121. The zero-order valence-corrected chi connectivity index (χ0v) is 42.8. The fourth-order valence-corrected chi connectivity index (χ4v) is 8.59. The number of rotatable bonds is 43. The maximum atomic E-state index is 13.1. The quantitative estimate of drug-likeness (QED) is 0.0287. The molecule has 0 saturated heterocycles. The molecule has 1 rings (SSSR count). The van der Waals surface area contributed by atoms with E-state index in [-0.39, 0.29) is 49.2 Å². The highest BCUT2D eigenvalue weighted by molar-refractivity contribution is 5.88. The van der Waals surface area contributed by atoms with Gasteiger partial charge in [-0.1, -0.05) is 104 Å². The van der Waals surface area contributed by atoms with Crippen LogP contribution in [0, 0.1) is 17.8 Å². The molecule has 0 heterocycles. The molecule has 0 aliphatic heterocycles. The Hall–Kier alpha value is -5.18. The molecule has 1 aliphatic carbocycles. The topological polar surface area (TPSA) is 352 Å². The summed E-state index contributed by atoms with van der Waals surface area (Å²) in [5.41, 5.74) is 0. The van der Waals surface area contributed by atoms with Gasteiger partial charge in [0.1, 0.15) is 23.9 Å². The fourth-order valence-electron chi connectivity index (χ4n) is 8.59. The molecule has 1 aliphatic rings. The van der Waals surface area contributed by atoms with Gasteiger partial charge in [-0.3, -0.25) is 33.6 Å². The van der Waals surface area contributed by atoms with E-state index < -0.39 is 116 Å². The van der Waals surface area contributed by atoms with Gasteiger partial charge >= 0.3 is 23.9 Å². The second kappa shape index (κ2) is 38.4. The predicted octanol–water partition coefficient (Wildman–Crippen LogP) is 4.87. The van der Waals surface area contributed by atoms with Crippen LogP contribution in [0.1, 0.15) is 206 Å². The average molecular weight is 1030 g/mol. The number of carbonyl (C=O) groups is 10. The largest absolute Gasteiger partial charge is 0.481 e. The van der Waals surface area contributed by atoms with Crippen LogP contribution >= 0.6 is 0 Å². The van der Waals surface area contributed by atoms with Gasteiger partial charge in [0.15, 0.2) is 6.29 Å². The number of aliphatic hydroxyl groups is 2. The number of carbonyl (C=O) groups excluding carboxylic acids is 6. The number of hydrogen-bond acceptors (Lipinski definition) is 12. The van der Waals surface area contributed by atoms with Crippen LogP contribution in [0.25, 0.3) is 0 Å². The van der Waals surface area contributed by atoms with Gasteiger partial charge in [0.05, 0.1) is 6.04 Å². The standard InChI is InChI=1S/C51H87N5O16/c1-34(2)41(57)29-25-37(48(65)66)53-43(59)30-26-38(49(67)68)54-44(60)31-27-39(50(69)70)55-45(61)32-28-40(51(71)72)56-47(64)36-23-21-35(22-24-36)33-52-42(58)19-17-15-13-11-9-7-5-3-4-6-8-10-12-14-16-18-20-46(62)63/h34-40,51,71-72H,3-33H2,1-2H3,(H,52,58)(H,53,59)(H,54,60)(H,55,61)(H,56,64)(H,62,63)(H,65,66)(H,67,68)(H,69,70)/t35-,36+,37-,38?,39-,40?/m0/s1. The zero-order chi connectivity index (χ0) is 53.8. The molecule has 1 fully saturated rings. The first-order valence-electron chi connectivity index (χ1n) is 26.4. The molecule has 2 unspecified atom stereocenters. The monoisotopic (exact) mass is 1030 g/mol. The number of unbranched alkanes of at least 4 members (excludes halogenated alkanes) is 15. The van der Waals surface area contributed by atoms with Crippen LogP contribution in [0.5, 0.6) is 0 Å². The highest BCUT2D eigenvalue weighted by atomic mass is 16.5. The lowest BCUT2D eigenvalue weighted by molar-refractivity contribution is -0.144. The summed E-state index contributed by atoms with van der Waals surface area (Å²) < 4.78 is 0. The number of carboxylic acid groups (broad SMARTS) is 4. The Morgan fingerprint density at radius 2 is 0.792 bits per heavy atom. The van der Waals surface area contributed by atoms with E-state index in [1.165, 1.54) is 64.2 Å². The van der Waals surface area contributed by atoms with Gasteiger partial charge in [-0.05, 0) is 70.1 Å². The molecule has 5 amide bonds. The van der Waals surface area contributed by atoms with Crippen molar-refractivity contribution < 1.29 is 78.6 Å². The first kappa shape index (κ1) is 64.8. The minimum atomic E-state index is -2.03. The summed E-state index contributed by atoms with van der Waals surface area (Å²) in [6, 6.07) is -5.82. The third kappa shape index (κ3) is 32.0. The lowest BCUT2D eigenvalue weighted by Crippen LogP contribution is -2.48. The van der Waals surface area contributed by atoms with E-state index in [2.05, 4.69) is 26.6 Å². The lowest BCUT2D eigenvalue weighted by atomic mass is 9.81. The highest BCUT2D eigenvalue weighted by Crippen LogP contribution is 2.29. The lowest BCUT2D eigenvalue weighted by Gasteiger charge is -2.30. The third-order valence-corrected chi connectivity index (χ3v) is 13.3. The van der Waals surface area contributed by atoms with Crippen molar-refractivity contribution in [2.45, 2.75) is 237 Å². The molecule has 0 aromatic heterocycles. The summed E-state index contributed by atoms with van der Waals surface area (Å²) in [5.74, 6) is -8.80. The van der Waals surface area contributed by atoms with E-state index in [4.69, 9.17) is 5.11 Å². The molecule has 0 aromatic rings. The van der Waals surface area contributed by atoms with Crippen LogP contribution in [0.4, 0.5) is 0 Å². The zero-order valence-electron chi connectivity index (χ0n) is 42.8. The van der Waals surface area contributed by atoms with Crippen molar-refractivity contribution in [1.82, 2.24) is 26.6 Å². The van der Waals surface area contributed by atoms with Crippen LogP contribution in [0.2, 0.25) is 0 Å². The van der Waals surface area contributed by atoms with Crippen molar-refractivity contribution in [3.05, 3.63) is 0 Å². The Balaban J connectivity index is 2.32. The number of aliphatic carboxylic acids is 4. The summed E-state index contributed by atoms with van der Waals surface area (Å²) in [5, 5.41) is 69.6. The smallest absolute Gasteiger partial charge is 0.326 e. The number of carboxylic acids is 4. The predicted molar refractivity (Wildman–Crippen MR) is 265 cm³/mol. The number of Topliss-reactive ketones (excluding diaryl/α,β-unsaturated/α-hetero) is 1. The van der Waals surface area contributed by atoms with Gasteiger partial charge in [-0.25, -0.2) is 14.4 Å². The van der Waals surface area contributed by atoms with Crippen LogP contribution in [0.3, 0.4) is 0 Å². The van der Waals surface area contributed by atoms with E-state index in [0.717, 1.165) is 38.5 Å². The van der Waals surface area contributed by atoms with E-state index in [1.54, 1.807) is 13.8 Å². The SMILES string of the molecule is CC(C)C(=O)CC[C@H](NC(=O)CCC(NC(=O)CC[C@H](NC(=O)CCC(NC(=O)[C@H]1CC[C@@H](CNC(=O)CCCCCCCCCCCCCCCCCCC(=O)O)CC1)C(O)O)C(=O)O)C(=O)O)C(=O)O. The summed E-state index contributed by atoms with van der Waals surface area (Å²) in [7, 11) is 0. The average Bonchev–Trinajstić information content (AvgIpc) is 3.32. The molecule has 4 atom stereocenters. The molecule has 0 radical (unpaired) electrons. The first-order chi connectivity index (χ1) is 34.2. The maximum absolute atomic E-state index is 13.1. The van der Waals surface area contributed by atoms with E-state index >= 15 is 0 Å². The van der Waals surface area contributed by atoms with Gasteiger partial charge in [0.2, 0.25) is 29.5 Å². The number of hydrogen-bond donors (Lipinski definition) is 11. The molecule has 21 nitrogen and oxygen atoms in total. The van der Waals surface area contributed by atoms with Crippen molar-refractivity contribution >= 4 is 59.2 Å². The van der Waals surface area contributed by atoms with Crippen LogP contribution < -0.4 is 26.6 Å². The second-order valence-corrected chi connectivity index (χ2v) is 19.8. The van der Waals surface area contributed by atoms with Gasteiger partial charge in [0, 0.05) is 56.9 Å². The van der Waals surface area contributed by atoms with Gasteiger partial charge < -0.3 is 57.2 Å². The summed E-state index contributed by atoms with van der Waals surface area (Å²) >= 11 is 0. The number of amides is 5. The van der Waals surface area contributed by atoms with Crippen LogP contribution in [0.15, 0.2) is 0 Å². The van der Waals surface area contributed by atoms with Crippen LogP contribution in [-0.4, -0.2) is 127 Å². The van der Waals surface area contributed by atoms with E-state index in [0.29, 0.717) is 38.6 Å². The molecule has 72 heavy (non-hydrogen) atoms. The van der Waals surface area contributed by atoms with Gasteiger partial charge in [-0.2, -0.15) is 0 Å². The molecular weight excluding hydrogens is 939 g/mol. The maximum Gasteiger partial charge on any atom is 0.326 e. The molecule has 0 bridgehead atoms. The third-order valence-electron chi connectivity index (χ3n) is 13.3. The second-order valence-electron chi connectivity index (χ2n) is 19.8. The van der Waals surface area contributed by atoms with Crippen molar-refractivity contribution in [1.29, 1.82) is 0 Å². The Bertz CT molecular complexity index is 1680. The van der Waals surface area contributed by atoms with Crippen molar-refractivity contribution in [2.75, 3.05) is 6.54 Å². The van der Waals surface area contributed by atoms with Gasteiger partial charge in [-0.15, -0.1) is 0 Å². The molecule has 0 spiro atoms. The normalized spacial score (nSPS) is 16.2. The highest BCUT2D eigenvalue weighted by Gasteiger charge is 2.31. The molecule has 11 N–H and O–H groups in total. The number of nitrogens with one attached hydrogen (secondary N) is 5. The van der Waals surface area contributed by atoms with Crippen molar-refractivity contribution in [3.8, 4) is 0 Å². The molecule has 412 valence electrons. The Morgan fingerprint density at radius 1 is 0.431 bits per heavy atom. The van der Waals surface area contributed by atoms with Crippen molar-refractivity contribution in [2.24, 2.45) is 17.8 Å². The fraction of sp³-hybridized carbons (Fsp3) is 0.804. The molecule has 1 saturated carbocycles. The Morgan fingerprint density at radius 3 is 1.15 bits per heavy atom. The summed E-state index contributed by atoms with van der Waals surface area (Å²) in [6.07, 6.45) is 16.5. The minimum absolute atomic E-state index is 0.0157. The van der Waals surface area contributed by atoms with Crippen LogP contribution in [-0.2, 0) is 47.9 Å². The number of ketones is 1. The van der Waals surface area contributed by atoms with Gasteiger partial charge in [0.25, 0.3) is 0 Å². The molecule has 21 heteroatoms. The summed E-state index contributed by atoms with van der Waals surface area (Å²) in [6.45, 7) is 3.82. The van der Waals surface area contributed by atoms with E-state index in [9.17, 15) is 73.5 Å². The minimum Gasteiger partial charge on any atom is -0.481 e. The molecule has 0 aromatic carbocycles. The van der Waals surface area contributed by atoms with E-state index in [1.807, 2.05) is 0 Å². The first-order valence-corrected chi connectivity index (χ1v) is 26.4. The number of aliphatic hydroxyl groups excluding tert-OH is 1. The molecular formula is C51H87N5O16. The Kier molecular flexibility index (Phi) is 34.6. The Labute approximate surface area is 424 Å².